The van der Waals surface area contributed by atoms with Crippen LogP contribution in [-0.2, 0) is 9.53 Å². The Hall–Kier alpha value is -0.610. The van der Waals surface area contributed by atoms with Crippen molar-refractivity contribution in [2.24, 2.45) is 5.73 Å². The molecule has 3 N–H and O–H groups in total. The van der Waals surface area contributed by atoms with Crippen LogP contribution < -0.4 is 11.1 Å². The summed E-state index contributed by atoms with van der Waals surface area (Å²) in [4.78, 5) is 11.3. The van der Waals surface area contributed by atoms with Gasteiger partial charge < -0.3 is 15.8 Å². The van der Waals surface area contributed by atoms with E-state index in [4.69, 9.17) is 10.5 Å². The van der Waals surface area contributed by atoms with Gasteiger partial charge in [0, 0.05) is 19.2 Å². The van der Waals surface area contributed by atoms with Gasteiger partial charge in [0.15, 0.2) is 0 Å². The molecule has 2 atom stereocenters. The summed E-state index contributed by atoms with van der Waals surface area (Å²) in [5.74, 6) is -0.0233. The Balaban J connectivity index is 2.18. The number of ether oxygens (including phenoxy) is 1. The van der Waals surface area contributed by atoms with E-state index < -0.39 is 0 Å². The third kappa shape index (κ3) is 2.79. The zero-order valence-corrected chi connectivity index (χ0v) is 7.38. The fourth-order valence-corrected chi connectivity index (χ4v) is 1.16. The van der Waals surface area contributed by atoms with Crippen LogP contribution in [0.25, 0.3) is 0 Å². The van der Waals surface area contributed by atoms with Crippen molar-refractivity contribution in [2.75, 3.05) is 13.2 Å². The maximum Gasteiger partial charge on any atom is 0.249 e. The molecule has 70 valence electrons. The molecule has 1 aliphatic heterocycles. The van der Waals surface area contributed by atoms with E-state index in [-0.39, 0.29) is 18.1 Å². The number of rotatable bonds is 3. The molecule has 4 nitrogen and oxygen atoms in total. The summed E-state index contributed by atoms with van der Waals surface area (Å²) < 4.78 is 5.19. The highest BCUT2D eigenvalue weighted by Crippen LogP contribution is 2.11. The molecular weight excluding hydrogens is 156 g/mol. The highest BCUT2D eigenvalue weighted by atomic mass is 16.5. The van der Waals surface area contributed by atoms with E-state index in [1.807, 2.05) is 6.92 Å². The molecular formula is C8H16N2O2. The van der Waals surface area contributed by atoms with Crippen molar-refractivity contribution in [3.63, 3.8) is 0 Å². The number of amides is 1. The van der Waals surface area contributed by atoms with E-state index >= 15 is 0 Å². The van der Waals surface area contributed by atoms with Crippen LogP contribution in [0.4, 0.5) is 0 Å². The number of hydrogen-bond donors (Lipinski definition) is 2. The van der Waals surface area contributed by atoms with E-state index in [0.29, 0.717) is 13.2 Å². The minimum absolute atomic E-state index is 0.00959. The lowest BCUT2D eigenvalue weighted by Gasteiger charge is -2.11. The molecule has 0 spiro atoms. The Bertz CT molecular complexity index is 153. The van der Waals surface area contributed by atoms with Gasteiger partial charge in [-0.15, -0.1) is 0 Å². The molecule has 1 amide bonds. The molecule has 0 radical (unpaired) electrons. The zero-order chi connectivity index (χ0) is 8.97. The molecule has 0 aromatic heterocycles. The monoisotopic (exact) mass is 172 g/mol. The maximum absolute atomic E-state index is 11.3. The van der Waals surface area contributed by atoms with Crippen molar-refractivity contribution in [3.05, 3.63) is 0 Å². The number of nitrogens with one attached hydrogen (secondary N) is 1. The van der Waals surface area contributed by atoms with Gasteiger partial charge in [0.1, 0.15) is 6.10 Å². The SMILES string of the molecule is CC(N)CNC(=O)C1CCCO1. The summed E-state index contributed by atoms with van der Waals surface area (Å²) in [7, 11) is 0. The molecule has 0 aliphatic carbocycles. The first-order chi connectivity index (χ1) is 5.70. The lowest BCUT2D eigenvalue weighted by atomic mass is 10.2. The minimum atomic E-state index is -0.233. The van der Waals surface area contributed by atoms with Gasteiger partial charge in [-0.3, -0.25) is 4.79 Å². The number of nitrogens with two attached hydrogens (primary N) is 1. The van der Waals surface area contributed by atoms with Gasteiger partial charge in [-0.05, 0) is 19.8 Å². The molecule has 1 aliphatic rings. The number of hydrogen-bond acceptors (Lipinski definition) is 3. The Morgan fingerprint density at radius 2 is 2.58 bits per heavy atom. The molecule has 12 heavy (non-hydrogen) atoms. The fourth-order valence-electron chi connectivity index (χ4n) is 1.16. The van der Waals surface area contributed by atoms with Crippen LogP contribution >= 0.6 is 0 Å². The Labute approximate surface area is 72.5 Å². The smallest absolute Gasteiger partial charge is 0.249 e. The van der Waals surface area contributed by atoms with Crippen LogP contribution in [0.2, 0.25) is 0 Å². The first-order valence-corrected chi connectivity index (χ1v) is 4.35. The van der Waals surface area contributed by atoms with Crippen molar-refractivity contribution in [2.45, 2.75) is 31.9 Å². The van der Waals surface area contributed by atoms with Crippen molar-refractivity contribution >= 4 is 5.91 Å². The zero-order valence-electron chi connectivity index (χ0n) is 7.38. The molecule has 1 rings (SSSR count). The second kappa shape index (κ2) is 4.42. The van der Waals surface area contributed by atoms with E-state index in [9.17, 15) is 4.79 Å². The molecule has 0 aromatic carbocycles. The van der Waals surface area contributed by atoms with Crippen LogP contribution in [-0.4, -0.2) is 31.2 Å². The van der Waals surface area contributed by atoms with Gasteiger partial charge in [-0.2, -0.15) is 0 Å². The Morgan fingerprint density at radius 1 is 1.83 bits per heavy atom. The maximum atomic E-state index is 11.3. The molecule has 0 bridgehead atoms. The normalized spacial score (nSPS) is 25.3. The second-order valence-electron chi connectivity index (χ2n) is 3.22. The van der Waals surface area contributed by atoms with Crippen LogP contribution in [0.3, 0.4) is 0 Å². The Kier molecular flexibility index (Phi) is 3.49. The van der Waals surface area contributed by atoms with Crippen molar-refractivity contribution < 1.29 is 9.53 Å². The standard InChI is InChI=1S/C8H16N2O2/c1-6(9)5-10-8(11)7-3-2-4-12-7/h6-7H,2-5,9H2,1H3,(H,10,11). The first kappa shape index (κ1) is 9.48. The summed E-state index contributed by atoms with van der Waals surface area (Å²) in [6.07, 6.45) is 1.59. The molecule has 4 heteroatoms. The van der Waals surface area contributed by atoms with Gasteiger partial charge in [0.05, 0.1) is 0 Å². The molecule has 1 fully saturated rings. The average Bonchev–Trinajstić information content (AvgIpc) is 2.51. The number of carbonyl (C=O) groups excluding carboxylic acids is 1. The van der Waals surface area contributed by atoms with Gasteiger partial charge in [0.25, 0.3) is 0 Å². The summed E-state index contributed by atoms with van der Waals surface area (Å²) >= 11 is 0. The molecule has 2 unspecified atom stereocenters. The number of carbonyl (C=O) groups is 1. The Morgan fingerprint density at radius 3 is 3.08 bits per heavy atom. The summed E-state index contributed by atoms with van der Waals surface area (Å²) in [6, 6.07) is 0.00959. The van der Waals surface area contributed by atoms with E-state index in [1.165, 1.54) is 0 Å². The predicted octanol–water partition coefficient (Wildman–Crippen LogP) is -0.371. The van der Waals surface area contributed by atoms with E-state index in [1.54, 1.807) is 0 Å². The second-order valence-corrected chi connectivity index (χ2v) is 3.22. The lowest BCUT2D eigenvalue weighted by molar-refractivity contribution is -0.130. The first-order valence-electron chi connectivity index (χ1n) is 4.35. The molecule has 0 aromatic rings. The molecule has 1 heterocycles. The highest BCUT2D eigenvalue weighted by molar-refractivity contribution is 5.80. The van der Waals surface area contributed by atoms with E-state index in [0.717, 1.165) is 12.8 Å². The van der Waals surface area contributed by atoms with Crippen molar-refractivity contribution in [3.8, 4) is 0 Å². The van der Waals surface area contributed by atoms with Gasteiger partial charge >= 0.3 is 0 Å². The molecule has 0 saturated carbocycles. The minimum Gasteiger partial charge on any atom is -0.368 e. The van der Waals surface area contributed by atoms with E-state index in [2.05, 4.69) is 5.32 Å². The van der Waals surface area contributed by atoms with Crippen LogP contribution in [0.15, 0.2) is 0 Å². The predicted molar refractivity (Wildman–Crippen MR) is 45.6 cm³/mol. The quantitative estimate of drug-likeness (QED) is 0.610. The third-order valence-corrected chi connectivity index (χ3v) is 1.82. The van der Waals surface area contributed by atoms with Crippen LogP contribution in [0.1, 0.15) is 19.8 Å². The van der Waals surface area contributed by atoms with Gasteiger partial charge in [0.2, 0.25) is 5.91 Å². The summed E-state index contributed by atoms with van der Waals surface area (Å²) in [5, 5.41) is 2.74. The largest absolute Gasteiger partial charge is 0.368 e. The molecule has 1 saturated heterocycles. The van der Waals surface area contributed by atoms with Gasteiger partial charge in [-0.25, -0.2) is 0 Å². The van der Waals surface area contributed by atoms with Crippen LogP contribution in [0, 0.1) is 0 Å². The van der Waals surface area contributed by atoms with Gasteiger partial charge in [-0.1, -0.05) is 0 Å². The highest BCUT2D eigenvalue weighted by Gasteiger charge is 2.22. The fraction of sp³-hybridized carbons (Fsp3) is 0.875. The van der Waals surface area contributed by atoms with Crippen molar-refractivity contribution in [1.29, 1.82) is 0 Å². The van der Waals surface area contributed by atoms with Crippen LogP contribution in [0.5, 0.6) is 0 Å². The third-order valence-electron chi connectivity index (χ3n) is 1.82. The van der Waals surface area contributed by atoms with Crippen molar-refractivity contribution in [1.82, 2.24) is 5.32 Å². The average molecular weight is 172 g/mol. The lowest BCUT2D eigenvalue weighted by Crippen LogP contribution is -2.40. The topological polar surface area (TPSA) is 64.3 Å². The summed E-state index contributed by atoms with van der Waals surface area (Å²) in [6.45, 7) is 3.09. The summed E-state index contributed by atoms with van der Waals surface area (Å²) in [5.41, 5.74) is 5.48.